The summed E-state index contributed by atoms with van der Waals surface area (Å²) in [6, 6.07) is 26.3. The van der Waals surface area contributed by atoms with Crippen LogP contribution in [0.2, 0.25) is 0 Å². The molecule has 3 rings (SSSR count). The fourth-order valence-electron chi connectivity index (χ4n) is 3.47. The molecule has 0 saturated carbocycles. The molecule has 0 radical (unpaired) electrons. The van der Waals surface area contributed by atoms with Crippen LogP contribution in [0.5, 0.6) is 0 Å². The number of hydrogen-bond donors (Lipinski definition) is 1. The molecule has 0 aromatic heterocycles. The van der Waals surface area contributed by atoms with Gasteiger partial charge in [0.2, 0.25) is 5.91 Å². The molecule has 30 heavy (non-hydrogen) atoms. The van der Waals surface area contributed by atoms with Gasteiger partial charge in [-0.2, -0.15) is 0 Å². The maximum atomic E-state index is 13.6. The summed E-state index contributed by atoms with van der Waals surface area (Å²) < 4.78 is 6.09. The van der Waals surface area contributed by atoms with Crippen molar-refractivity contribution in [3.8, 4) is 0 Å². The first-order valence-corrected chi connectivity index (χ1v) is 10.8. The first kappa shape index (κ1) is 22.0. The second kappa shape index (κ2) is 9.89. The topological polar surface area (TPSA) is 55.4 Å². The van der Waals surface area contributed by atoms with Gasteiger partial charge in [-0.15, -0.1) is 0 Å². The van der Waals surface area contributed by atoms with Crippen LogP contribution in [0.15, 0.2) is 84.9 Å². The Morgan fingerprint density at radius 2 is 1.40 bits per heavy atom. The van der Waals surface area contributed by atoms with Crippen molar-refractivity contribution in [2.45, 2.75) is 24.8 Å². The molecule has 4 nitrogen and oxygen atoms in total. The van der Waals surface area contributed by atoms with Crippen LogP contribution in [0.4, 0.5) is 0 Å². The summed E-state index contributed by atoms with van der Waals surface area (Å²) >= 11 is 2.23. The lowest BCUT2D eigenvalue weighted by Crippen LogP contribution is -2.51. The first-order valence-electron chi connectivity index (χ1n) is 9.69. The Hall–Kier alpha value is -2.67. The van der Waals surface area contributed by atoms with E-state index in [0.29, 0.717) is 6.42 Å². The zero-order valence-electron chi connectivity index (χ0n) is 17.0. The highest BCUT2D eigenvalue weighted by Crippen LogP contribution is 2.32. The molecular weight excluding hydrogens is 489 g/mol. The molecule has 0 aliphatic carbocycles. The molecule has 1 amide bonds. The normalized spacial score (nSPS) is 12.1. The molecule has 1 atom stereocenters. The number of esters is 1. The van der Waals surface area contributed by atoms with Gasteiger partial charge in [0, 0.05) is 9.99 Å². The quantitative estimate of drug-likeness (QED) is 0.374. The van der Waals surface area contributed by atoms with Crippen molar-refractivity contribution in [1.82, 2.24) is 5.32 Å². The largest absolute Gasteiger partial charge is 0.467 e. The van der Waals surface area contributed by atoms with Crippen LogP contribution in [0.3, 0.4) is 0 Å². The molecule has 5 heteroatoms. The van der Waals surface area contributed by atoms with Gasteiger partial charge in [0.1, 0.15) is 6.04 Å². The van der Waals surface area contributed by atoms with Gasteiger partial charge in [-0.3, -0.25) is 4.79 Å². The van der Waals surface area contributed by atoms with Gasteiger partial charge in [-0.1, -0.05) is 72.8 Å². The Balaban J connectivity index is 1.94. The molecule has 154 valence electrons. The number of carbonyl (C=O) groups excluding carboxylic acids is 2. The van der Waals surface area contributed by atoms with E-state index in [9.17, 15) is 9.59 Å². The van der Waals surface area contributed by atoms with Gasteiger partial charge in [0.25, 0.3) is 0 Å². The lowest BCUT2D eigenvalue weighted by atomic mass is 9.75. The average Bonchev–Trinajstić information content (AvgIpc) is 2.80. The molecule has 3 aromatic carbocycles. The minimum atomic E-state index is -0.957. The highest BCUT2D eigenvalue weighted by molar-refractivity contribution is 14.1. The number of carbonyl (C=O) groups is 2. The van der Waals surface area contributed by atoms with Crippen LogP contribution in [0.25, 0.3) is 0 Å². The maximum absolute atomic E-state index is 13.6. The minimum absolute atomic E-state index is 0.249. The van der Waals surface area contributed by atoms with E-state index in [4.69, 9.17) is 4.74 Å². The maximum Gasteiger partial charge on any atom is 0.328 e. The minimum Gasteiger partial charge on any atom is -0.467 e. The molecule has 1 N–H and O–H groups in total. The average molecular weight is 513 g/mol. The molecule has 0 bridgehead atoms. The molecule has 0 saturated heterocycles. The second-order valence-corrected chi connectivity index (χ2v) is 8.48. The van der Waals surface area contributed by atoms with E-state index in [2.05, 4.69) is 27.9 Å². The Morgan fingerprint density at radius 3 is 1.87 bits per heavy atom. The van der Waals surface area contributed by atoms with Crippen LogP contribution >= 0.6 is 22.6 Å². The van der Waals surface area contributed by atoms with Crippen molar-refractivity contribution < 1.29 is 14.3 Å². The van der Waals surface area contributed by atoms with Crippen molar-refractivity contribution >= 4 is 34.5 Å². The molecular formula is C25H24INO3. The summed E-state index contributed by atoms with van der Waals surface area (Å²) in [6.07, 6.45) is 0.356. The molecule has 0 fully saturated rings. The zero-order valence-corrected chi connectivity index (χ0v) is 19.1. The van der Waals surface area contributed by atoms with Gasteiger partial charge in [-0.25, -0.2) is 4.79 Å². The lowest BCUT2D eigenvalue weighted by molar-refractivity contribution is -0.145. The number of amides is 1. The van der Waals surface area contributed by atoms with Gasteiger partial charge in [-0.05, 0) is 58.3 Å². The Labute approximate surface area is 190 Å². The van der Waals surface area contributed by atoms with E-state index >= 15 is 0 Å². The third-order valence-electron chi connectivity index (χ3n) is 5.30. The summed E-state index contributed by atoms with van der Waals surface area (Å²) in [5.74, 6) is -0.716. The Morgan fingerprint density at radius 1 is 0.900 bits per heavy atom. The van der Waals surface area contributed by atoms with Crippen LogP contribution in [-0.2, 0) is 26.2 Å². The molecule has 0 heterocycles. The SMILES string of the molecule is COC(=O)[C@@H](Cc1ccc(I)cc1)NC(=O)C(C)(c1ccccc1)c1ccccc1. The molecule has 0 unspecified atom stereocenters. The monoisotopic (exact) mass is 513 g/mol. The number of nitrogens with one attached hydrogen (secondary N) is 1. The molecule has 0 aliphatic rings. The number of benzene rings is 3. The highest BCUT2D eigenvalue weighted by atomic mass is 127. The van der Waals surface area contributed by atoms with Crippen molar-refractivity contribution in [1.29, 1.82) is 0 Å². The summed E-state index contributed by atoms with van der Waals surface area (Å²) in [4.78, 5) is 26.1. The van der Waals surface area contributed by atoms with E-state index in [1.165, 1.54) is 7.11 Å². The van der Waals surface area contributed by atoms with Gasteiger partial charge < -0.3 is 10.1 Å². The van der Waals surface area contributed by atoms with Crippen molar-refractivity contribution in [2.24, 2.45) is 0 Å². The predicted octanol–water partition coefficient (Wildman–Crippen LogP) is 4.50. The zero-order chi connectivity index (χ0) is 21.6. The van der Waals surface area contributed by atoms with Crippen molar-refractivity contribution in [2.75, 3.05) is 7.11 Å². The number of ether oxygens (including phenoxy) is 1. The van der Waals surface area contributed by atoms with Gasteiger partial charge >= 0.3 is 5.97 Å². The Bertz CT molecular complexity index is 948. The van der Waals surface area contributed by atoms with E-state index in [-0.39, 0.29) is 5.91 Å². The van der Waals surface area contributed by atoms with Crippen molar-refractivity contribution in [3.05, 3.63) is 105 Å². The van der Waals surface area contributed by atoms with E-state index < -0.39 is 17.4 Å². The third kappa shape index (κ3) is 4.90. The van der Waals surface area contributed by atoms with E-state index in [1.54, 1.807) is 0 Å². The summed E-state index contributed by atoms with van der Waals surface area (Å²) in [7, 11) is 1.34. The highest BCUT2D eigenvalue weighted by Gasteiger charge is 2.39. The van der Waals surface area contributed by atoms with Crippen LogP contribution in [0.1, 0.15) is 23.6 Å². The summed E-state index contributed by atoms with van der Waals surface area (Å²) in [5, 5.41) is 2.95. The fraction of sp³-hybridized carbons (Fsp3) is 0.200. The fourth-order valence-corrected chi connectivity index (χ4v) is 3.83. The molecule has 0 spiro atoms. The van der Waals surface area contributed by atoms with Crippen LogP contribution in [-0.4, -0.2) is 25.0 Å². The summed E-state index contributed by atoms with van der Waals surface area (Å²) in [6.45, 7) is 1.88. The summed E-state index contributed by atoms with van der Waals surface area (Å²) in [5.41, 5.74) is 1.70. The predicted molar refractivity (Wildman–Crippen MR) is 126 cm³/mol. The first-order chi connectivity index (χ1) is 14.4. The number of halogens is 1. The van der Waals surface area contributed by atoms with Gasteiger partial charge in [0.15, 0.2) is 0 Å². The van der Waals surface area contributed by atoms with E-state index in [0.717, 1.165) is 20.3 Å². The molecule has 0 aliphatic heterocycles. The van der Waals surface area contributed by atoms with Crippen LogP contribution in [0, 0.1) is 3.57 Å². The van der Waals surface area contributed by atoms with Crippen molar-refractivity contribution in [3.63, 3.8) is 0 Å². The van der Waals surface area contributed by atoms with Crippen LogP contribution < -0.4 is 5.32 Å². The number of hydrogen-bond acceptors (Lipinski definition) is 3. The number of methoxy groups -OCH3 is 1. The second-order valence-electron chi connectivity index (χ2n) is 7.24. The third-order valence-corrected chi connectivity index (χ3v) is 6.02. The Kier molecular flexibility index (Phi) is 7.26. The van der Waals surface area contributed by atoms with Gasteiger partial charge in [0.05, 0.1) is 12.5 Å². The smallest absolute Gasteiger partial charge is 0.328 e. The standard InChI is InChI=1S/C25H24INO3/c1-25(19-9-5-3-6-10-19,20-11-7-4-8-12-20)24(29)27-22(23(28)30-2)17-18-13-15-21(26)16-14-18/h3-16,22H,17H2,1-2H3,(H,27,29)/t22-/m1/s1. The molecule has 3 aromatic rings. The number of rotatable bonds is 7. The van der Waals surface area contributed by atoms with E-state index in [1.807, 2.05) is 91.9 Å². The lowest BCUT2D eigenvalue weighted by Gasteiger charge is -2.31.